The van der Waals surface area contributed by atoms with Gasteiger partial charge in [0, 0.05) is 22.7 Å². The van der Waals surface area contributed by atoms with E-state index in [0.29, 0.717) is 5.13 Å². The third-order valence-electron chi connectivity index (χ3n) is 2.77. The zero-order valence-electron chi connectivity index (χ0n) is 11.7. The van der Waals surface area contributed by atoms with Crippen molar-refractivity contribution in [2.24, 2.45) is 0 Å². The maximum absolute atomic E-state index is 11.8. The van der Waals surface area contributed by atoms with Gasteiger partial charge in [-0.15, -0.1) is 11.3 Å². The van der Waals surface area contributed by atoms with Crippen molar-refractivity contribution in [3.8, 4) is 0 Å². The number of carbonyl (C=O) groups is 2. The number of rotatable bonds is 3. The van der Waals surface area contributed by atoms with Crippen LogP contribution in [0.4, 0.5) is 16.5 Å². The summed E-state index contributed by atoms with van der Waals surface area (Å²) in [5.74, 6) is -1.81. The topological polar surface area (TPSA) is 114 Å². The van der Waals surface area contributed by atoms with Gasteiger partial charge >= 0.3 is 11.8 Å². The fourth-order valence-corrected chi connectivity index (χ4v) is 2.37. The number of hydrogen-bond acceptors (Lipinski definition) is 6. The second-order valence-electron chi connectivity index (χ2n) is 4.38. The molecule has 1 aromatic carbocycles. The maximum atomic E-state index is 11.8. The standard InChI is InChI=1S/C13H12N4O4S/c1-7-8(2)22-13(14-7)16-12(19)11(18)15-9-4-3-5-10(6-9)17(20)21/h3-6H,1-2H3,(H,15,18)(H,14,16,19). The maximum Gasteiger partial charge on any atom is 0.315 e. The SMILES string of the molecule is Cc1nc(NC(=O)C(=O)Nc2cccc([N+](=O)[O-])c2)sc1C. The lowest BCUT2D eigenvalue weighted by Gasteiger charge is -2.04. The normalized spacial score (nSPS) is 10.1. The second kappa shape index (κ2) is 6.31. The van der Waals surface area contributed by atoms with Crippen molar-refractivity contribution in [3.05, 3.63) is 45.0 Å². The molecule has 0 fully saturated rings. The molecule has 0 aliphatic rings. The van der Waals surface area contributed by atoms with Crippen LogP contribution in [-0.4, -0.2) is 21.7 Å². The fraction of sp³-hybridized carbons (Fsp3) is 0.154. The molecule has 2 amide bonds. The Labute approximate surface area is 129 Å². The lowest BCUT2D eigenvalue weighted by Crippen LogP contribution is -2.29. The molecule has 0 bridgehead atoms. The van der Waals surface area contributed by atoms with E-state index in [1.807, 2.05) is 6.92 Å². The van der Waals surface area contributed by atoms with Crippen LogP contribution < -0.4 is 10.6 Å². The van der Waals surface area contributed by atoms with Crippen LogP contribution in [0.3, 0.4) is 0 Å². The zero-order chi connectivity index (χ0) is 16.3. The smallest absolute Gasteiger partial charge is 0.315 e. The number of thiazole rings is 1. The van der Waals surface area contributed by atoms with E-state index in [9.17, 15) is 19.7 Å². The first-order chi connectivity index (χ1) is 10.4. The van der Waals surface area contributed by atoms with Gasteiger partial charge in [-0.25, -0.2) is 4.98 Å². The minimum atomic E-state index is -0.925. The van der Waals surface area contributed by atoms with Crippen molar-refractivity contribution in [2.45, 2.75) is 13.8 Å². The van der Waals surface area contributed by atoms with Gasteiger partial charge in [0.25, 0.3) is 5.69 Å². The Morgan fingerprint density at radius 1 is 1.23 bits per heavy atom. The summed E-state index contributed by atoms with van der Waals surface area (Å²) in [6.07, 6.45) is 0. The lowest BCUT2D eigenvalue weighted by atomic mass is 10.3. The molecule has 114 valence electrons. The number of nitrogens with zero attached hydrogens (tertiary/aromatic N) is 2. The van der Waals surface area contributed by atoms with E-state index in [-0.39, 0.29) is 11.4 Å². The highest BCUT2D eigenvalue weighted by Crippen LogP contribution is 2.21. The number of carbonyl (C=O) groups excluding carboxylic acids is 2. The summed E-state index contributed by atoms with van der Waals surface area (Å²) in [4.78, 5) is 38.6. The number of non-ortho nitro benzene ring substituents is 1. The molecule has 0 spiro atoms. The van der Waals surface area contributed by atoms with E-state index >= 15 is 0 Å². The van der Waals surface area contributed by atoms with Gasteiger partial charge in [0.05, 0.1) is 10.6 Å². The quantitative estimate of drug-likeness (QED) is 0.511. The predicted octanol–water partition coefficient (Wildman–Crippen LogP) is 2.25. The van der Waals surface area contributed by atoms with Gasteiger partial charge in [-0.2, -0.15) is 0 Å². The third kappa shape index (κ3) is 3.64. The minimum absolute atomic E-state index is 0.167. The van der Waals surface area contributed by atoms with Crippen LogP contribution in [-0.2, 0) is 9.59 Å². The monoisotopic (exact) mass is 320 g/mol. The van der Waals surface area contributed by atoms with Gasteiger partial charge in [-0.05, 0) is 19.9 Å². The largest absolute Gasteiger partial charge is 0.318 e. The Bertz CT molecular complexity index is 737. The molecule has 0 saturated heterocycles. The van der Waals surface area contributed by atoms with Crippen molar-refractivity contribution in [2.75, 3.05) is 10.6 Å². The molecule has 0 radical (unpaired) electrons. The van der Waals surface area contributed by atoms with E-state index < -0.39 is 16.7 Å². The molecule has 2 N–H and O–H groups in total. The van der Waals surface area contributed by atoms with Crippen LogP contribution in [0.1, 0.15) is 10.6 Å². The molecule has 2 rings (SSSR count). The van der Waals surface area contributed by atoms with Crippen LogP contribution in [0.2, 0.25) is 0 Å². The summed E-state index contributed by atoms with van der Waals surface area (Å²) in [6, 6.07) is 5.33. The van der Waals surface area contributed by atoms with E-state index in [1.165, 1.54) is 35.6 Å². The predicted molar refractivity (Wildman–Crippen MR) is 81.9 cm³/mol. The lowest BCUT2D eigenvalue weighted by molar-refractivity contribution is -0.384. The molecule has 9 heteroatoms. The van der Waals surface area contributed by atoms with Gasteiger partial charge in [-0.1, -0.05) is 6.07 Å². The Morgan fingerprint density at radius 3 is 2.50 bits per heavy atom. The van der Waals surface area contributed by atoms with Gasteiger partial charge in [0.15, 0.2) is 5.13 Å². The Kier molecular flexibility index (Phi) is 4.47. The highest BCUT2D eigenvalue weighted by atomic mass is 32.1. The van der Waals surface area contributed by atoms with Crippen molar-refractivity contribution < 1.29 is 14.5 Å². The number of nitro benzene ring substituents is 1. The van der Waals surface area contributed by atoms with Gasteiger partial charge in [0.1, 0.15) is 0 Å². The van der Waals surface area contributed by atoms with Crippen LogP contribution in [0.15, 0.2) is 24.3 Å². The van der Waals surface area contributed by atoms with Crippen LogP contribution in [0.5, 0.6) is 0 Å². The van der Waals surface area contributed by atoms with Gasteiger partial charge in [0.2, 0.25) is 0 Å². The van der Waals surface area contributed by atoms with E-state index in [4.69, 9.17) is 0 Å². The zero-order valence-corrected chi connectivity index (χ0v) is 12.6. The molecular formula is C13H12N4O4S. The average Bonchev–Trinajstić information content (AvgIpc) is 2.77. The molecule has 0 aliphatic carbocycles. The first-order valence-electron chi connectivity index (χ1n) is 6.17. The number of benzene rings is 1. The number of nitro groups is 1. The van der Waals surface area contributed by atoms with E-state index in [2.05, 4.69) is 15.6 Å². The molecule has 0 aliphatic heterocycles. The highest BCUT2D eigenvalue weighted by Gasteiger charge is 2.17. The fourth-order valence-electron chi connectivity index (χ4n) is 1.57. The molecule has 2 aromatic rings. The molecule has 0 saturated carbocycles. The molecule has 8 nitrogen and oxygen atoms in total. The Hall–Kier alpha value is -2.81. The van der Waals surface area contributed by atoms with E-state index in [1.54, 1.807) is 6.92 Å². The van der Waals surface area contributed by atoms with Crippen LogP contribution in [0, 0.1) is 24.0 Å². The van der Waals surface area contributed by atoms with Crippen molar-refractivity contribution in [1.29, 1.82) is 0 Å². The van der Waals surface area contributed by atoms with E-state index in [0.717, 1.165) is 10.6 Å². The number of nitrogens with one attached hydrogen (secondary N) is 2. The number of anilines is 2. The molecular weight excluding hydrogens is 308 g/mol. The molecule has 1 aromatic heterocycles. The molecule has 22 heavy (non-hydrogen) atoms. The van der Waals surface area contributed by atoms with Gasteiger partial charge < -0.3 is 5.32 Å². The number of aromatic nitrogens is 1. The summed E-state index contributed by atoms with van der Waals surface area (Å²) in [5, 5.41) is 15.7. The summed E-state index contributed by atoms with van der Waals surface area (Å²) in [5.41, 5.74) is 0.768. The third-order valence-corrected chi connectivity index (χ3v) is 3.76. The highest BCUT2D eigenvalue weighted by molar-refractivity contribution is 7.15. The Balaban J connectivity index is 2.03. The number of hydrogen-bond donors (Lipinski definition) is 2. The van der Waals surface area contributed by atoms with Crippen LogP contribution >= 0.6 is 11.3 Å². The summed E-state index contributed by atoms with van der Waals surface area (Å²) >= 11 is 1.26. The first kappa shape index (κ1) is 15.6. The first-order valence-corrected chi connectivity index (χ1v) is 6.99. The van der Waals surface area contributed by atoms with Crippen molar-refractivity contribution in [3.63, 3.8) is 0 Å². The van der Waals surface area contributed by atoms with Crippen LogP contribution in [0.25, 0.3) is 0 Å². The molecule has 0 unspecified atom stereocenters. The minimum Gasteiger partial charge on any atom is -0.318 e. The molecule has 1 heterocycles. The number of amides is 2. The van der Waals surface area contributed by atoms with Crippen molar-refractivity contribution >= 4 is 39.7 Å². The summed E-state index contributed by atoms with van der Waals surface area (Å²) in [6.45, 7) is 3.65. The van der Waals surface area contributed by atoms with Gasteiger partial charge in [-0.3, -0.25) is 25.0 Å². The molecule has 0 atom stereocenters. The van der Waals surface area contributed by atoms with Crippen molar-refractivity contribution in [1.82, 2.24) is 4.98 Å². The number of aryl methyl sites for hydroxylation is 2. The summed E-state index contributed by atoms with van der Waals surface area (Å²) in [7, 11) is 0. The second-order valence-corrected chi connectivity index (χ2v) is 5.58. The Morgan fingerprint density at radius 2 is 1.91 bits per heavy atom. The average molecular weight is 320 g/mol. The summed E-state index contributed by atoms with van der Waals surface area (Å²) < 4.78 is 0.